The first-order valence-electron chi connectivity index (χ1n) is 6.28. The number of hydrogen-bond acceptors (Lipinski definition) is 6. The van der Waals surface area contributed by atoms with Gasteiger partial charge in [-0.15, -0.1) is 0 Å². The Hall–Kier alpha value is -1.47. The molecule has 0 aromatic heterocycles. The van der Waals surface area contributed by atoms with E-state index in [4.69, 9.17) is 18.9 Å². The van der Waals surface area contributed by atoms with Gasteiger partial charge in [0, 0.05) is 14.2 Å². The summed E-state index contributed by atoms with van der Waals surface area (Å²) >= 11 is 0. The van der Waals surface area contributed by atoms with E-state index in [2.05, 4.69) is 0 Å². The number of aliphatic hydroxyl groups is 1. The predicted octanol–water partition coefficient (Wildman–Crippen LogP) is 0.591. The number of hydrogen-bond donors (Lipinski definition) is 1. The lowest BCUT2D eigenvalue weighted by molar-refractivity contribution is -0.159. The molecule has 6 heteroatoms. The number of ether oxygens (including phenoxy) is 4. The van der Waals surface area contributed by atoms with Gasteiger partial charge in [0.15, 0.2) is 6.29 Å². The number of carbonyl (C=O) groups excluding carboxylic acids is 1. The van der Waals surface area contributed by atoms with Crippen molar-refractivity contribution in [1.82, 2.24) is 0 Å². The summed E-state index contributed by atoms with van der Waals surface area (Å²) in [6.45, 7) is -0.0609. The first-order chi connectivity index (χ1) is 9.67. The van der Waals surface area contributed by atoms with Crippen molar-refractivity contribution < 1.29 is 28.8 Å². The van der Waals surface area contributed by atoms with Crippen LogP contribution in [0.15, 0.2) is 30.3 Å². The fraction of sp³-hybridized carbons (Fsp3) is 0.500. The molecule has 1 N–H and O–H groups in total. The van der Waals surface area contributed by atoms with Gasteiger partial charge < -0.3 is 24.1 Å². The van der Waals surface area contributed by atoms with Gasteiger partial charge >= 0.3 is 5.97 Å². The largest absolute Gasteiger partial charge is 0.459 e. The molecule has 1 aliphatic heterocycles. The van der Waals surface area contributed by atoms with E-state index in [0.717, 1.165) is 0 Å². The summed E-state index contributed by atoms with van der Waals surface area (Å²) in [5.41, 5.74) is 0.451. The first-order valence-corrected chi connectivity index (χ1v) is 6.28. The van der Waals surface area contributed by atoms with Gasteiger partial charge in [0.05, 0.1) is 5.56 Å². The van der Waals surface area contributed by atoms with E-state index in [9.17, 15) is 9.90 Å². The summed E-state index contributed by atoms with van der Waals surface area (Å²) in [6, 6.07) is 8.63. The maximum Gasteiger partial charge on any atom is 0.338 e. The van der Waals surface area contributed by atoms with Crippen LogP contribution in [-0.2, 0) is 18.9 Å². The molecule has 20 heavy (non-hydrogen) atoms. The molecule has 0 radical (unpaired) electrons. The van der Waals surface area contributed by atoms with Crippen molar-refractivity contribution in [3.63, 3.8) is 0 Å². The number of esters is 1. The van der Waals surface area contributed by atoms with Gasteiger partial charge in [-0.1, -0.05) is 18.2 Å². The highest BCUT2D eigenvalue weighted by Gasteiger charge is 2.44. The third kappa shape index (κ3) is 3.16. The van der Waals surface area contributed by atoms with Crippen molar-refractivity contribution in [3.05, 3.63) is 35.9 Å². The Balaban J connectivity index is 1.90. The fourth-order valence-electron chi connectivity index (χ4n) is 2.10. The molecule has 110 valence electrons. The van der Waals surface area contributed by atoms with Crippen LogP contribution in [-0.4, -0.2) is 56.5 Å². The standard InChI is InChI=1S/C14H18O6/c1-17-12-11(15)10(20-14(12)18-2)8-19-13(16)9-6-4-3-5-7-9/h3-7,10-12,14-15H,8H2,1-2H3/t10-,11+,12?,14+/m1/s1. The van der Waals surface area contributed by atoms with Crippen molar-refractivity contribution in [1.29, 1.82) is 0 Å². The molecule has 1 heterocycles. The molecule has 0 aliphatic carbocycles. The van der Waals surface area contributed by atoms with E-state index in [-0.39, 0.29) is 6.61 Å². The lowest BCUT2D eigenvalue weighted by Gasteiger charge is -2.16. The van der Waals surface area contributed by atoms with E-state index < -0.39 is 30.6 Å². The topological polar surface area (TPSA) is 74.2 Å². The second kappa shape index (κ2) is 6.81. The minimum atomic E-state index is -0.909. The van der Waals surface area contributed by atoms with Crippen LogP contribution < -0.4 is 0 Å². The Kier molecular flexibility index (Phi) is 5.08. The third-order valence-electron chi connectivity index (χ3n) is 3.19. The van der Waals surface area contributed by atoms with Crippen molar-refractivity contribution in [2.75, 3.05) is 20.8 Å². The summed E-state index contributed by atoms with van der Waals surface area (Å²) in [4.78, 5) is 11.8. The highest BCUT2D eigenvalue weighted by Crippen LogP contribution is 2.24. The molecule has 1 fully saturated rings. The summed E-state index contributed by atoms with van der Waals surface area (Å²) in [6.07, 6.45) is -2.85. The normalized spacial score (nSPS) is 29.4. The van der Waals surface area contributed by atoms with Gasteiger partial charge in [-0.05, 0) is 12.1 Å². The van der Waals surface area contributed by atoms with Crippen molar-refractivity contribution in [2.45, 2.75) is 24.6 Å². The molecule has 1 aromatic rings. The first kappa shape index (κ1) is 14.9. The number of carbonyl (C=O) groups is 1. The number of aliphatic hydroxyl groups excluding tert-OH is 1. The van der Waals surface area contributed by atoms with E-state index in [0.29, 0.717) is 5.56 Å². The molecule has 1 aromatic carbocycles. The lowest BCUT2D eigenvalue weighted by Crippen LogP contribution is -2.36. The monoisotopic (exact) mass is 282 g/mol. The molecule has 6 nitrogen and oxygen atoms in total. The third-order valence-corrected chi connectivity index (χ3v) is 3.19. The molecular weight excluding hydrogens is 264 g/mol. The highest BCUT2D eigenvalue weighted by molar-refractivity contribution is 5.89. The molecular formula is C14H18O6. The van der Waals surface area contributed by atoms with Crippen molar-refractivity contribution in [2.24, 2.45) is 0 Å². The van der Waals surface area contributed by atoms with Gasteiger partial charge in [-0.3, -0.25) is 0 Å². The zero-order valence-corrected chi connectivity index (χ0v) is 11.4. The molecule has 2 rings (SSSR count). The minimum absolute atomic E-state index is 0.0609. The zero-order valence-electron chi connectivity index (χ0n) is 11.4. The van der Waals surface area contributed by atoms with E-state index in [1.807, 2.05) is 6.07 Å². The molecule has 1 aliphatic rings. The van der Waals surface area contributed by atoms with Crippen LogP contribution in [0.5, 0.6) is 0 Å². The van der Waals surface area contributed by atoms with Crippen molar-refractivity contribution >= 4 is 5.97 Å². The maximum atomic E-state index is 11.8. The molecule has 0 saturated carbocycles. The fourth-order valence-corrected chi connectivity index (χ4v) is 2.10. The second-order valence-corrected chi connectivity index (χ2v) is 4.43. The summed E-state index contributed by atoms with van der Waals surface area (Å²) in [7, 11) is 2.92. The van der Waals surface area contributed by atoms with E-state index >= 15 is 0 Å². The molecule has 4 atom stereocenters. The van der Waals surface area contributed by atoms with Gasteiger partial charge in [-0.25, -0.2) is 4.79 Å². The lowest BCUT2D eigenvalue weighted by atomic mass is 10.1. The number of benzene rings is 1. The molecule has 1 unspecified atom stereocenters. The van der Waals surface area contributed by atoms with Crippen LogP contribution in [0.1, 0.15) is 10.4 Å². The Labute approximate surface area is 117 Å². The summed E-state index contributed by atoms with van der Waals surface area (Å²) in [5.74, 6) is -0.462. The SMILES string of the molecule is COC1[C@@H](OC)O[C@H](COC(=O)c2ccccc2)[C@@H]1O. The van der Waals surface area contributed by atoms with Gasteiger partial charge in [0.1, 0.15) is 24.9 Å². The minimum Gasteiger partial charge on any atom is -0.459 e. The predicted molar refractivity (Wildman–Crippen MR) is 69.2 cm³/mol. The summed E-state index contributed by atoms with van der Waals surface area (Å²) in [5, 5.41) is 10.0. The zero-order chi connectivity index (χ0) is 14.5. The highest BCUT2D eigenvalue weighted by atomic mass is 16.7. The van der Waals surface area contributed by atoms with Crippen molar-refractivity contribution in [3.8, 4) is 0 Å². The molecule has 0 amide bonds. The summed E-state index contributed by atoms with van der Waals surface area (Å²) < 4.78 is 20.7. The van der Waals surface area contributed by atoms with E-state index in [1.54, 1.807) is 24.3 Å². The Morgan fingerprint density at radius 3 is 2.50 bits per heavy atom. The van der Waals surface area contributed by atoms with Gasteiger partial charge in [-0.2, -0.15) is 0 Å². The van der Waals surface area contributed by atoms with Gasteiger partial charge in [0.2, 0.25) is 0 Å². The van der Waals surface area contributed by atoms with Crippen LogP contribution in [0.4, 0.5) is 0 Å². The van der Waals surface area contributed by atoms with Crippen LogP contribution in [0.25, 0.3) is 0 Å². The van der Waals surface area contributed by atoms with Crippen LogP contribution >= 0.6 is 0 Å². The smallest absolute Gasteiger partial charge is 0.338 e. The maximum absolute atomic E-state index is 11.8. The molecule has 1 saturated heterocycles. The van der Waals surface area contributed by atoms with E-state index in [1.165, 1.54) is 14.2 Å². The quantitative estimate of drug-likeness (QED) is 0.797. The number of methoxy groups -OCH3 is 2. The molecule has 0 bridgehead atoms. The van der Waals surface area contributed by atoms with Crippen LogP contribution in [0.2, 0.25) is 0 Å². The van der Waals surface area contributed by atoms with Crippen LogP contribution in [0.3, 0.4) is 0 Å². The average molecular weight is 282 g/mol. The average Bonchev–Trinajstić information content (AvgIpc) is 2.81. The molecule has 0 spiro atoms. The van der Waals surface area contributed by atoms with Crippen LogP contribution in [0, 0.1) is 0 Å². The Bertz CT molecular complexity index is 435. The second-order valence-electron chi connectivity index (χ2n) is 4.43. The van der Waals surface area contributed by atoms with Gasteiger partial charge in [0.25, 0.3) is 0 Å². The number of rotatable bonds is 5. The Morgan fingerprint density at radius 2 is 1.95 bits per heavy atom. The Morgan fingerprint density at radius 1 is 1.25 bits per heavy atom.